The lowest BCUT2D eigenvalue weighted by Crippen LogP contribution is -2.33. The fourth-order valence-electron chi connectivity index (χ4n) is 0.831. The highest BCUT2D eigenvalue weighted by Crippen LogP contribution is 2.00. The molecule has 0 saturated heterocycles. The molecule has 5 heteroatoms. The van der Waals surface area contributed by atoms with E-state index in [1.54, 1.807) is 13.8 Å². The predicted octanol–water partition coefficient (Wildman–Crippen LogP) is 0.281. The summed E-state index contributed by atoms with van der Waals surface area (Å²) in [6, 6.07) is 0. The number of hydrogen-bond acceptors (Lipinski definition) is 4. The van der Waals surface area contributed by atoms with E-state index in [2.05, 4.69) is 0 Å². The maximum absolute atomic E-state index is 11.0. The van der Waals surface area contributed by atoms with Gasteiger partial charge in [-0.2, -0.15) is 0 Å². The minimum absolute atomic E-state index is 0.0109. The zero-order chi connectivity index (χ0) is 10.3. The SMILES string of the molecule is CCOC(=O)CC(OCC)C(=N)N. The fourth-order valence-corrected chi connectivity index (χ4v) is 0.831. The lowest BCUT2D eigenvalue weighted by molar-refractivity contribution is -0.145. The van der Waals surface area contributed by atoms with Crippen LogP contribution in [0, 0.1) is 5.41 Å². The molecular weight excluding hydrogens is 172 g/mol. The van der Waals surface area contributed by atoms with E-state index in [0.717, 1.165) is 0 Å². The van der Waals surface area contributed by atoms with E-state index in [-0.39, 0.29) is 12.3 Å². The highest BCUT2D eigenvalue weighted by molar-refractivity contribution is 5.86. The van der Waals surface area contributed by atoms with Crippen molar-refractivity contribution in [1.29, 1.82) is 5.41 Å². The van der Waals surface area contributed by atoms with Crippen LogP contribution in [0.25, 0.3) is 0 Å². The molecule has 0 aliphatic rings. The quantitative estimate of drug-likeness (QED) is 0.356. The van der Waals surface area contributed by atoms with Gasteiger partial charge in [-0.25, -0.2) is 0 Å². The topological polar surface area (TPSA) is 85.4 Å². The second-order valence-electron chi connectivity index (χ2n) is 2.41. The van der Waals surface area contributed by atoms with Crippen LogP contribution < -0.4 is 5.73 Å². The number of nitrogens with one attached hydrogen (secondary N) is 1. The van der Waals surface area contributed by atoms with Gasteiger partial charge in [-0.3, -0.25) is 10.2 Å². The summed E-state index contributed by atoms with van der Waals surface area (Å²) in [5.74, 6) is -0.536. The van der Waals surface area contributed by atoms with Crippen molar-refractivity contribution in [3.63, 3.8) is 0 Å². The molecule has 1 unspecified atom stereocenters. The van der Waals surface area contributed by atoms with Crippen LogP contribution in [0.4, 0.5) is 0 Å². The maximum Gasteiger partial charge on any atom is 0.308 e. The number of nitrogens with two attached hydrogens (primary N) is 1. The van der Waals surface area contributed by atoms with Crippen LogP contribution in [0.1, 0.15) is 20.3 Å². The molecule has 0 aromatic carbocycles. The van der Waals surface area contributed by atoms with Crippen molar-refractivity contribution in [1.82, 2.24) is 0 Å². The summed E-state index contributed by atoms with van der Waals surface area (Å²) in [5, 5.41) is 7.13. The minimum atomic E-state index is -0.649. The van der Waals surface area contributed by atoms with E-state index < -0.39 is 12.1 Å². The average Bonchev–Trinajstić information content (AvgIpc) is 2.04. The zero-order valence-electron chi connectivity index (χ0n) is 8.00. The Morgan fingerprint density at radius 2 is 2.08 bits per heavy atom. The normalized spacial score (nSPS) is 12.2. The van der Waals surface area contributed by atoms with Crippen molar-refractivity contribution in [2.24, 2.45) is 5.73 Å². The standard InChI is InChI=1S/C8H16N2O3/c1-3-12-6(8(9)10)5-7(11)13-4-2/h6H,3-5H2,1-2H3,(H3,9,10). The first-order chi connectivity index (χ1) is 6.11. The third-order valence-electron chi connectivity index (χ3n) is 1.37. The van der Waals surface area contributed by atoms with E-state index in [4.69, 9.17) is 20.6 Å². The van der Waals surface area contributed by atoms with E-state index in [1.807, 2.05) is 0 Å². The van der Waals surface area contributed by atoms with Gasteiger partial charge in [0.15, 0.2) is 0 Å². The highest BCUT2D eigenvalue weighted by Gasteiger charge is 2.17. The molecule has 0 aliphatic carbocycles. The number of amidine groups is 1. The van der Waals surface area contributed by atoms with Crippen molar-refractivity contribution < 1.29 is 14.3 Å². The van der Waals surface area contributed by atoms with Gasteiger partial charge in [0.25, 0.3) is 0 Å². The molecule has 0 fully saturated rings. The molecule has 0 radical (unpaired) electrons. The third kappa shape index (κ3) is 5.19. The molecular formula is C8H16N2O3. The molecule has 0 heterocycles. The van der Waals surface area contributed by atoms with Gasteiger partial charge >= 0.3 is 5.97 Å². The first-order valence-corrected chi connectivity index (χ1v) is 4.22. The second kappa shape index (κ2) is 6.42. The molecule has 0 saturated carbocycles. The molecule has 1 atom stereocenters. The summed E-state index contributed by atoms with van der Waals surface area (Å²) < 4.78 is 9.77. The first kappa shape index (κ1) is 11.9. The van der Waals surface area contributed by atoms with E-state index in [1.165, 1.54) is 0 Å². The molecule has 0 rings (SSSR count). The number of ether oxygens (including phenoxy) is 2. The zero-order valence-corrected chi connectivity index (χ0v) is 8.00. The molecule has 0 spiro atoms. The summed E-state index contributed by atoms with van der Waals surface area (Å²) in [4.78, 5) is 11.0. The summed E-state index contributed by atoms with van der Waals surface area (Å²) >= 11 is 0. The lowest BCUT2D eigenvalue weighted by Gasteiger charge is -2.13. The molecule has 0 aromatic heterocycles. The molecule has 13 heavy (non-hydrogen) atoms. The fraction of sp³-hybridized carbons (Fsp3) is 0.750. The van der Waals surface area contributed by atoms with E-state index in [9.17, 15) is 4.79 Å². The van der Waals surface area contributed by atoms with Gasteiger partial charge in [0, 0.05) is 6.61 Å². The monoisotopic (exact) mass is 188 g/mol. The summed E-state index contributed by atoms with van der Waals surface area (Å²) in [5.41, 5.74) is 5.22. The van der Waals surface area contributed by atoms with Crippen molar-refractivity contribution in [2.45, 2.75) is 26.4 Å². The Morgan fingerprint density at radius 1 is 1.46 bits per heavy atom. The second-order valence-corrected chi connectivity index (χ2v) is 2.41. The van der Waals surface area contributed by atoms with Crippen molar-refractivity contribution in [3.05, 3.63) is 0 Å². The van der Waals surface area contributed by atoms with E-state index in [0.29, 0.717) is 13.2 Å². The van der Waals surface area contributed by atoms with Crippen molar-refractivity contribution >= 4 is 11.8 Å². The van der Waals surface area contributed by atoms with Gasteiger partial charge in [-0.05, 0) is 13.8 Å². The Hall–Kier alpha value is -1.10. The Labute approximate surface area is 77.7 Å². The summed E-state index contributed by atoms with van der Waals surface area (Å²) in [6.07, 6.45) is -0.638. The van der Waals surface area contributed by atoms with Crippen LogP contribution in [0.5, 0.6) is 0 Å². The number of esters is 1. The van der Waals surface area contributed by atoms with Crippen LogP contribution in [0.2, 0.25) is 0 Å². The predicted molar refractivity (Wildman–Crippen MR) is 48.6 cm³/mol. The van der Waals surface area contributed by atoms with Gasteiger partial charge in [0.1, 0.15) is 11.9 Å². The van der Waals surface area contributed by atoms with Crippen molar-refractivity contribution in [2.75, 3.05) is 13.2 Å². The van der Waals surface area contributed by atoms with E-state index >= 15 is 0 Å². The van der Waals surface area contributed by atoms with Crippen LogP contribution in [0.15, 0.2) is 0 Å². The molecule has 0 aromatic rings. The van der Waals surface area contributed by atoms with Crippen LogP contribution in [0.3, 0.4) is 0 Å². The Balaban J connectivity index is 3.94. The summed E-state index contributed by atoms with van der Waals surface area (Å²) in [6.45, 7) is 4.25. The minimum Gasteiger partial charge on any atom is -0.466 e. The molecule has 0 amide bonds. The van der Waals surface area contributed by atoms with Crippen LogP contribution >= 0.6 is 0 Å². The number of carbonyl (C=O) groups excluding carboxylic acids is 1. The lowest BCUT2D eigenvalue weighted by atomic mass is 10.2. The van der Waals surface area contributed by atoms with Gasteiger partial charge < -0.3 is 15.2 Å². The molecule has 76 valence electrons. The highest BCUT2D eigenvalue weighted by atomic mass is 16.5. The summed E-state index contributed by atoms with van der Waals surface area (Å²) in [7, 11) is 0. The Bertz CT molecular complexity index is 182. The molecule has 5 nitrogen and oxygen atoms in total. The van der Waals surface area contributed by atoms with Gasteiger partial charge in [-0.1, -0.05) is 0 Å². The number of hydrogen-bond donors (Lipinski definition) is 2. The Morgan fingerprint density at radius 3 is 2.46 bits per heavy atom. The van der Waals surface area contributed by atoms with Gasteiger partial charge in [-0.15, -0.1) is 0 Å². The molecule has 0 bridgehead atoms. The molecule has 3 N–H and O–H groups in total. The number of carbonyl (C=O) groups is 1. The van der Waals surface area contributed by atoms with Crippen LogP contribution in [-0.2, 0) is 14.3 Å². The average molecular weight is 188 g/mol. The third-order valence-corrected chi connectivity index (χ3v) is 1.37. The smallest absolute Gasteiger partial charge is 0.308 e. The molecule has 0 aliphatic heterocycles. The maximum atomic E-state index is 11.0. The Kier molecular flexibility index (Phi) is 5.88. The van der Waals surface area contributed by atoms with Gasteiger partial charge in [0.05, 0.1) is 13.0 Å². The number of rotatable bonds is 6. The van der Waals surface area contributed by atoms with Crippen molar-refractivity contribution in [3.8, 4) is 0 Å². The van der Waals surface area contributed by atoms with Crippen LogP contribution in [-0.4, -0.2) is 31.1 Å². The van der Waals surface area contributed by atoms with Gasteiger partial charge in [0.2, 0.25) is 0 Å². The largest absolute Gasteiger partial charge is 0.466 e. The first-order valence-electron chi connectivity index (χ1n) is 4.22.